The van der Waals surface area contributed by atoms with Gasteiger partial charge < -0.3 is 13.7 Å². The standard InChI is InChI=1S/C28H40ClN3O4S.C2H6/c1-25(2,3)35-24(33)18-9-10-20(30-23(18)29)32-16-11-21(31-32)34-17-19(36-37(7,8)26(4,5)6)22-27(12-13-27)28(22)14-15-28;1-2/h9-11,16,19,22H,12-15,17H2,1-8H3;1-2H3. The van der Waals surface area contributed by atoms with Gasteiger partial charge in [-0.05, 0) is 81.9 Å². The lowest BCUT2D eigenvalue weighted by atomic mass is 10.2. The molecule has 3 saturated carbocycles. The summed E-state index contributed by atoms with van der Waals surface area (Å²) in [5.41, 5.74) is 0.645. The van der Waals surface area contributed by atoms with Gasteiger partial charge in [-0.1, -0.05) is 46.2 Å². The first-order valence-corrected chi connectivity index (χ1v) is 16.8. The molecule has 3 aliphatic rings. The second-order valence-corrected chi connectivity index (χ2v) is 17.4. The average Bonchev–Trinajstić information content (AvgIpc) is 3.79. The molecule has 2 aromatic heterocycles. The summed E-state index contributed by atoms with van der Waals surface area (Å²) in [7, 11) is -1.28. The van der Waals surface area contributed by atoms with Crippen LogP contribution < -0.4 is 4.74 Å². The molecule has 39 heavy (non-hydrogen) atoms. The number of carbonyl (C=O) groups is 1. The Morgan fingerprint density at radius 3 is 2.15 bits per heavy atom. The van der Waals surface area contributed by atoms with Gasteiger partial charge in [-0.3, -0.25) is 0 Å². The monoisotopic (exact) mass is 579 g/mol. The number of ether oxygens (including phenoxy) is 2. The number of esters is 1. The highest BCUT2D eigenvalue weighted by Gasteiger charge is 2.88. The molecule has 0 aliphatic heterocycles. The van der Waals surface area contributed by atoms with Gasteiger partial charge in [-0.15, -0.1) is 15.4 Å². The molecule has 9 heteroatoms. The number of hydrogen-bond acceptors (Lipinski definition) is 6. The third-order valence-corrected chi connectivity index (χ3v) is 12.5. The smallest absolute Gasteiger partial charge is 0.341 e. The Bertz CT molecular complexity index is 1190. The molecule has 1 atom stereocenters. The van der Waals surface area contributed by atoms with E-state index in [2.05, 4.69) is 43.4 Å². The van der Waals surface area contributed by atoms with Gasteiger partial charge in [-0.2, -0.15) is 0 Å². The maximum Gasteiger partial charge on any atom is 0.341 e. The van der Waals surface area contributed by atoms with E-state index < -0.39 is 21.9 Å². The van der Waals surface area contributed by atoms with Crippen LogP contribution in [0.25, 0.3) is 5.82 Å². The van der Waals surface area contributed by atoms with Crippen molar-refractivity contribution in [3.63, 3.8) is 0 Å². The van der Waals surface area contributed by atoms with E-state index >= 15 is 0 Å². The van der Waals surface area contributed by atoms with Crippen LogP contribution in [0.15, 0.2) is 24.4 Å². The van der Waals surface area contributed by atoms with Crippen molar-refractivity contribution in [2.45, 2.75) is 97.5 Å². The number of nitrogens with zero attached hydrogens (tertiary/aromatic N) is 3. The predicted molar refractivity (Wildman–Crippen MR) is 159 cm³/mol. The first-order chi connectivity index (χ1) is 18.1. The van der Waals surface area contributed by atoms with E-state index in [1.807, 2.05) is 40.7 Å². The zero-order chi connectivity index (χ0) is 29.0. The summed E-state index contributed by atoms with van der Waals surface area (Å²) >= 11 is 6.32. The second-order valence-electron chi connectivity index (χ2n) is 13.2. The third-order valence-electron chi connectivity index (χ3n) is 8.53. The molecule has 0 amide bonds. The zero-order valence-electron chi connectivity index (χ0n) is 25.3. The summed E-state index contributed by atoms with van der Waals surface area (Å²) < 4.78 is 20.3. The van der Waals surface area contributed by atoms with Gasteiger partial charge in [0, 0.05) is 22.9 Å². The molecule has 218 valence electrons. The van der Waals surface area contributed by atoms with Crippen LogP contribution >= 0.6 is 21.9 Å². The Hall–Kier alpha value is -1.77. The maximum atomic E-state index is 12.4. The molecule has 0 saturated heterocycles. The van der Waals surface area contributed by atoms with Crippen LogP contribution in [-0.2, 0) is 8.92 Å². The number of rotatable bonds is 8. The summed E-state index contributed by atoms with van der Waals surface area (Å²) in [5.74, 6) is 1.10. The van der Waals surface area contributed by atoms with E-state index in [1.165, 1.54) is 25.7 Å². The number of aromatic nitrogens is 3. The lowest BCUT2D eigenvalue weighted by Gasteiger charge is -2.46. The minimum Gasteiger partial charge on any atom is -0.474 e. The molecule has 2 aromatic rings. The van der Waals surface area contributed by atoms with Crippen molar-refractivity contribution >= 4 is 27.9 Å². The minimum absolute atomic E-state index is 0.0695. The molecule has 3 fully saturated rings. The molecule has 0 radical (unpaired) electrons. The fourth-order valence-corrected chi connectivity index (χ4v) is 7.03. The van der Waals surface area contributed by atoms with Crippen LogP contribution in [0.3, 0.4) is 0 Å². The van der Waals surface area contributed by atoms with Crippen LogP contribution in [0.1, 0.15) is 91.4 Å². The molecule has 2 heterocycles. The van der Waals surface area contributed by atoms with Gasteiger partial charge in [0.2, 0.25) is 5.88 Å². The minimum atomic E-state index is -1.28. The number of hydrogen-bond donors (Lipinski definition) is 0. The maximum absolute atomic E-state index is 12.4. The van der Waals surface area contributed by atoms with Gasteiger partial charge in [0.05, 0.1) is 5.56 Å². The van der Waals surface area contributed by atoms with E-state index in [9.17, 15) is 4.79 Å². The summed E-state index contributed by atoms with van der Waals surface area (Å²) in [6, 6.07) is 5.13. The summed E-state index contributed by atoms with van der Waals surface area (Å²) in [5, 5.41) is 4.64. The lowest BCUT2D eigenvalue weighted by Crippen LogP contribution is -2.33. The second kappa shape index (κ2) is 10.3. The summed E-state index contributed by atoms with van der Waals surface area (Å²) in [6.07, 6.45) is 11.7. The van der Waals surface area contributed by atoms with Crippen LogP contribution in [0.2, 0.25) is 5.15 Å². The third kappa shape index (κ3) is 5.84. The molecular formula is C30H46ClN3O4S. The fraction of sp³-hybridized carbons (Fsp3) is 0.700. The van der Waals surface area contributed by atoms with E-state index in [-0.39, 0.29) is 21.6 Å². The Labute approximate surface area is 240 Å². The molecule has 0 N–H and O–H groups in total. The van der Waals surface area contributed by atoms with Gasteiger partial charge in [0.25, 0.3) is 0 Å². The van der Waals surface area contributed by atoms with E-state index in [4.69, 9.17) is 25.3 Å². The molecule has 1 unspecified atom stereocenters. The van der Waals surface area contributed by atoms with Crippen molar-refractivity contribution in [3.05, 3.63) is 35.1 Å². The first-order valence-electron chi connectivity index (χ1n) is 14.1. The highest BCUT2D eigenvalue weighted by Crippen LogP contribution is 2.93. The van der Waals surface area contributed by atoms with Crippen molar-refractivity contribution in [3.8, 4) is 11.7 Å². The van der Waals surface area contributed by atoms with Gasteiger partial charge in [0.1, 0.15) is 23.5 Å². The van der Waals surface area contributed by atoms with E-state index in [0.717, 1.165) is 0 Å². The highest BCUT2D eigenvalue weighted by molar-refractivity contribution is 8.29. The normalized spacial score (nSPS) is 20.2. The van der Waals surface area contributed by atoms with E-state index in [0.29, 0.717) is 35.1 Å². The summed E-state index contributed by atoms with van der Waals surface area (Å²) in [6.45, 7) is 16.7. The van der Waals surface area contributed by atoms with Crippen LogP contribution in [0, 0.1) is 16.7 Å². The van der Waals surface area contributed by atoms with E-state index in [1.54, 1.807) is 23.0 Å². The number of fused-ring (bicyclic) bond motifs is 1. The van der Waals surface area contributed by atoms with Gasteiger partial charge in [-0.25, -0.2) is 14.5 Å². The molecule has 3 aliphatic carbocycles. The summed E-state index contributed by atoms with van der Waals surface area (Å²) in [4.78, 5) is 16.8. The molecule has 5 rings (SSSR count). The molecule has 0 aromatic carbocycles. The van der Waals surface area contributed by atoms with Crippen LogP contribution in [0.4, 0.5) is 0 Å². The molecule has 0 bridgehead atoms. The average molecular weight is 580 g/mol. The van der Waals surface area contributed by atoms with Crippen LogP contribution in [0.5, 0.6) is 5.88 Å². The lowest BCUT2D eigenvalue weighted by molar-refractivity contribution is 0.00693. The van der Waals surface area contributed by atoms with Crippen molar-refractivity contribution in [2.75, 3.05) is 19.1 Å². The van der Waals surface area contributed by atoms with Gasteiger partial charge in [0.15, 0.2) is 5.82 Å². The fourth-order valence-electron chi connectivity index (χ4n) is 5.73. The Morgan fingerprint density at radius 1 is 1.08 bits per heavy atom. The van der Waals surface area contributed by atoms with Crippen molar-refractivity contribution < 1.29 is 18.5 Å². The SMILES string of the molecule is CC.CC(C)(C)OC(=O)c1ccc(-n2ccc(OCC(OS(C)(C)C(C)(C)C)C3C4(CC4)C34CC4)n2)nc1Cl. The zero-order valence-corrected chi connectivity index (χ0v) is 26.8. The number of pyridine rings is 1. The van der Waals surface area contributed by atoms with Crippen molar-refractivity contribution in [1.29, 1.82) is 0 Å². The Kier molecular flexibility index (Phi) is 7.94. The molecular weight excluding hydrogens is 534 g/mol. The van der Waals surface area contributed by atoms with Crippen LogP contribution in [-0.4, -0.2) is 56.3 Å². The quantitative estimate of drug-likeness (QED) is 0.236. The largest absolute Gasteiger partial charge is 0.474 e. The number of carbonyl (C=O) groups excluding carboxylic acids is 1. The Morgan fingerprint density at radius 2 is 1.67 bits per heavy atom. The topological polar surface area (TPSA) is 75.5 Å². The molecule has 7 nitrogen and oxygen atoms in total. The predicted octanol–water partition coefficient (Wildman–Crippen LogP) is 7.63. The van der Waals surface area contributed by atoms with Gasteiger partial charge >= 0.3 is 5.97 Å². The first kappa shape index (κ1) is 30.2. The van der Waals surface area contributed by atoms with Crippen molar-refractivity contribution in [2.24, 2.45) is 16.7 Å². The number of halogens is 1. The molecule has 2 spiro atoms. The highest BCUT2D eigenvalue weighted by atomic mass is 35.5. The Balaban J connectivity index is 0.00000172. The van der Waals surface area contributed by atoms with Crippen molar-refractivity contribution in [1.82, 2.24) is 14.8 Å².